The largest absolute Gasteiger partial charge is 0.349 e. The van der Waals surface area contributed by atoms with Gasteiger partial charge in [0.2, 0.25) is 0 Å². The van der Waals surface area contributed by atoms with Crippen molar-refractivity contribution in [3.8, 4) is 0 Å². The third kappa shape index (κ3) is 3.36. The molecule has 4 nitrogen and oxygen atoms in total. The second kappa shape index (κ2) is 5.91. The molecule has 2 heterocycles. The summed E-state index contributed by atoms with van der Waals surface area (Å²) in [6.07, 6.45) is 1.75. The minimum atomic E-state index is -0.341. The monoisotopic (exact) mass is 306 g/mol. The molecular formula is C16H22N2O2S. The number of likely N-dealkylation sites (tertiary alicyclic amines) is 1. The first-order chi connectivity index (χ1) is 10.1. The van der Waals surface area contributed by atoms with Crippen LogP contribution in [0.1, 0.15) is 24.0 Å². The molecule has 0 saturated carbocycles. The van der Waals surface area contributed by atoms with E-state index in [1.165, 1.54) is 11.1 Å². The first-order valence-electron chi connectivity index (χ1n) is 7.48. The van der Waals surface area contributed by atoms with Crippen molar-refractivity contribution in [3.63, 3.8) is 0 Å². The Hall–Kier alpha value is -1.17. The van der Waals surface area contributed by atoms with Gasteiger partial charge in [-0.3, -0.25) is 0 Å². The van der Waals surface area contributed by atoms with Gasteiger partial charge in [0.05, 0.1) is 13.2 Å². The normalized spacial score (nSPS) is 20.8. The molecule has 2 saturated heterocycles. The number of rotatable bonds is 1. The molecule has 2 fully saturated rings. The van der Waals surface area contributed by atoms with Crippen molar-refractivity contribution in [2.45, 2.75) is 32.5 Å². The van der Waals surface area contributed by atoms with Gasteiger partial charge in [-0.25, -0.2) is 0 Å². The quantitative estimate of drug-likeness (QED) is 0.807. The predicted octanol–water partition coefficient (Wildman–Crippen LogP) is 2.84. The summed E-state index contributed by atoms with van der Waals surface area (Å²) in [5, 5.41) is 4.13. The maximum absolute atomic E-state index is 5.75. The van der Waals surface area contributed by atoms with Crippen molar-refractivity contribution < 1.29 is 9.47 Å². The lowest BCUT2D eigenvalue weighted by Gasteiger charge is -2.38. The molecule has 21 heavy (non-hydrogen) atoms. The topological polar surface area (TPSA) is 33.7 Å². The van der Waals surface area contributed by atoms with Crippen LogP contribution < -0.4 is 5.32 Å². The zero-order valence-electron chi connectivity index (χ0n) is 12.6. The Morgan fingerprint density at radius 2 is 1.67 bits per heavy atom. The molecule has 1 aromatic rings. The van der Waals surface area contributed by atoms with Gasteiger partial charge in [-0.05, 0) is 49.3 Å². The van der Waals surface area contributed by atoms with Crippen molar-refractivity contribution in [2.24, 2.45) is 0 Å². The van der Waals surface area contributed by atoms with Crippen molar-refractivity contribution in [2.75, 3.05) is 31.6 Å². The van der Waals surface area contributed by atoms with Gasteiger partial charge in [-0.1, -0.05) is 6.07 Å². The molecular weight excluding hydrogens is 284 g/mol. The first kappa shape index (κ1) is 14.8. The van der Waals surface area contributed by atoms with Gasteiger partial charge in [0.15, 0.2) is 10.9 Å². The van der Waals surface area contributed by atoms with Crippen LogP contribution in [0.3, 0.4) is 0 Å². The Bertz CT molecular complexity index is 511. The Kier molecular flexibility index (Phi) is 4.15. The predicted molar refractivity (Wildman–Crippen MR) is 87.6 cm³/mol. The minimum absolute atomic E-state index is 0.341. The fourth-order valence-electron chi connectivity index (χ4n) is 3.09. The third-order valence-corrected chi connectivity index (χ3v) is 4.46. The smallest absolute Gasteiger partial charge is 0.173 e. The number of hydrogen-bond acceptors (Lipinski definition) is 3. The fraction of sp³-hybridized carbons (Fsp3) is 0.562. The van der Waals surface area contributed by atoms with Crippen LogP contribution in [0.2, 0.25) is 0 Å². The molecule has 0 radical (unpaired) electrons. The molecule has 1 spiro atoms. The van der Waals surface area contributed by atoms with Crippen molar-refractivity contribution in [1.82, 2.24) is 4.90 Å². The Labute approximate surface area is 131 Å². The summed E-state index contributed by atoms with van der Waals surface area (Å²) in [4.78, 5) is 2.20. The molecule has 0 aliphatic carbocycles. The van der Waals surface area contributed by atoms with E-state index in [2.05, 4.69) is 42.3 Å². The lowest BCUT2D eigenvalue weighted by atomic mass is 10.0. The first-order valence-corrected chi connectivity index (χ1v) is 7.89. The van der Waals surface area contributed by atoms with Crippen LogP contribution in [-0.2, 0) is 9.47 Å². The SMILES string of the molecule is Cc1cc(C)cc(NC(=S)N2CCC3(CC2)OCCO3)c1. The van der Waals surface area contributed by atoms with Crippen LogP contribution >= 0.6 is 12.2 Å². The summed E-state index contributed by atoms with van der Waals surface area (Å²) in [7, 11) is 0. The number of aryl methyl sites for hydroxylation is 2. The molecule has 114 valence electrons. The van der Waals surface area contributed by atoms with E-state index in [0.717, 1.165) is 36.7 Å². The third-order valence-electron chi connectivity index (χ3n) is 4.10. The number of anilines is 1. The number of nitrogens with zero attached hydrogens (tertiary/aromatic N) is 1. The van der Waals surface area contributed by atoms with E-state index >= 15 is 0 Å². The maximum Gasteiger partial charge on any atom is 0.173 e. The standard InChI is InChI=1S/C16H22N2O2S/c1-12-9-13(2)11-14(10-12)17-15(21)18-5-3-16(4-6-18)19-7-8-20-16/h9-11H,3-8H2,1-2H3,(H,17,21). The van der Waals surface area contributed by atoms with Crippen LogP contribution in [0.4, 0.5) is 5.69 Å². The fourth-order valence-corrected chi connectivity index (χ4v) is 3.39. The van der Waals surface area contributed by atoms with Crippen molar-refractivity contribution >= 4 is 23.0 Å². The van der Waals surface area contributed by atoms with Crippen LogP contribution in [0.25, 0.3) is 0 Å². The summed E-state index contributed by atoms with van der Waals surface area (Å²) in [6, 6.07) is 6.40. The summed E-state index contributed by atoms with van der Waals surface area (Å²) in [5.74, 6) is -0.341. The van der Waals surface area contributed by atoms with Gasteiger partial charge >= 0.3 is 0 Å². The number of benzene rings is 1. The Morgan fingerprint density at radius 1 is 1.10 bits per heavy atom. The van der Waals surface area contributed by atoms with Crippen LogP contribution in [0, 0.1) is 13.8 Å². The lowest BCUT2D eigenvalue weighted by Crippen LogP contribution is -2.48. The summed E-state index contributed by atoms with van der Waals surface area (Å²) < 4.78 is 11.5. The van der Waals surface area contributed by atoms with E-state index in [1.54, 1.807) is 0 Å². The van der Waals surface area contributed by atoms with Gasteiger partial charge in [-0.15, -0.1) is 0 Å². The van der Waals surface area contributed by atoms with Gasteiger partial charge in [0, 0.05) is 31.6 Å². The Morgan fingerprint density at radius 3 is 2.24 bits per heavy atom. The van der Waals surface area contributed by atoms with E-state index < -0.39 is 0 Å². The second-order valence-electron chi connectivity index (χ2n) is 5.90. The lowest BCUT2D eigenvalue weighted by molar-refractivity contribution is -0.180. The average Bonchev–Trinajstić information content (AvgIpc) is 2.86. The second-order valence-corrected chi connectivity index (χ2v) is 6.29. The van der Waals surface area contributed by atoms with E-state index in [1.807, 2.05) is 0 Å². The maximum atomic E-state index is 5.75. The van der Waals surface area contributed by atoms with E-state index in [-0.39, 0.29) is 5.79 Å². The Balaban J connectivity index is 1.59. The number of ether oxygens (including phenoxy) is 2. The van der Waals surface area contributed by atoms with Gasteiger partial charge < -0.3 is 19.7 Å². The molecule has 5 heteroatoms. The van der Waals surface area contributed by atoms with Crippen LogP contribution in [0.5, 0.6) is 0 Å². The molecule has 0 aromatic heterocycles. The van der Waals surface area contributed by atoms with Gasteiger partial charge in [0.1, 0.15) is 0 Å². The number of thiocarbonyl (C=S) groups is 1. The van der Waals surface area contributed by atoms with Gasteiger partial charge in [0.25, 0.3) is 0 Å². The highest BCUT2D eigenvalue weighted by atomic mass is 32.1. The molecule has 0 unspecified atom stereocenters. The molecule has 1 aromatic carbocycles. The minimum Gasteiger partial charge on any atom is -0.349 e. The molecule has 2 aliphatic heterocycles. The van der Waals surface area contributed by atoms with Crippen molar-refractivity contribution in [3.05, 3.63) is 29.3 Å². The molecule has 0 bridgehead atoms. The molecule has 3 rings (SSSR count). The highest BCUT2D eigenvalue weighted by molar-refractivity contribution is 7.80. The van der Waals surface area contributed by atoms with E-state index in [9.17, 15) is 0 Å². The molecule has 0 atom stereocenters. The number of nitrogens with one attached hydrogen (secondary N) is 1. The van der Waals surface area contributed by atoms with Crippen LogP contribution in [0.15, 0.2) is 18.2 Å². The van der Waals surface area contributed by atoms with Gasteiger partial charge in [-0.2, -0.15) is 0 Å². The van der Waals surface area contributed by atoms with E-state index in [0.29, 0.717) is 13.2 Å². The summed E-state index contributed by atoms with van der Waals surface area (Å²) in [5.41, 5.74) is 3.54. The average molecular weight is 306 g/mol. The van der Waals surface area contributed by atoms with Crippen LogP contribution in [-0.4, -0.2) is 42.1 Å². The highest BCUT2D eigenvalue weighted by Gasteiger charge is 2.40. The van der Waals surface area contributed by atoms with E-state index in [4.69, 9.17) is 21.7 Å². The number of piperidine rings is 1. The highest BCUT2D eigenvalue weighted by Crippen LogP contribution is 2.31. The molecule has 0 amide bonds. The molecule has 2 aliphatic rings. The molecule has 1 N–H and O–H groups in total. The van der Waals surface area contributed by atoms with Crippen molar-refractivity contribution in [1.29, 1.82) is 0 Å². The zero-order valence-corrected chi connectivity index (χ0v) is 13.5. The zero-order chi connectivity index (χ0) is 14.9. The summed E-state index contributed by atoms with van der Waals surface area (Å²) >= 11 is 5.54. The number of hydrogen-bond donors (Lipinski definition) is 1. The summed E-state index contributed by atoms with van der Waals surface area (Å²) in [6.45, 7) is 7.37.